The maximum Gasteiger partial charge on any atom is 0.343 e. The monoisotopic (exact) mass is 380 g/mol. The lowest BCUT2D eigenvalue weighted by Crippen LogP contribution is -2.25. The van der Waals surface area contributed by atoms with E-state index in [0.717, 1.165) is 4.68 Å². The fraction of sp³-hybridized carbons (Fsp3) is 0.500. The number of rotatable bonds is 4. The first-order valence-electron chi connectivity index (χ1n) is 8.04. The van der Waals surface area contributed by atoms with Crippen molar-refractivity contribution in [1.29, 1.82) is 0 Å². The van der Waals surface area contributed by atoms with Crippen LogP contribution in [0, 0.1) is 6.92 Å². The highest BCUT2D eigenvalue weighted by atomic mass is 32.2. The Morgan fingerprint density at radius 1 is 1.15 bits per heavy atom. The van der Waals surface area contributed by atoms with Gasteiger partial charge in [0.2, 0.25) is 0 Å². The van der Waals surface area contributed by atoms with E-state index in [2.05, 4.69) is 10.2 Å². The van der Waals surface area contributed by atoms with Crippen molar-refractivity contribution < 1.29 is 14.3 Å². The maximum atomic E-state index is 13.1. The third kappa shape index (κ3) is 3.28. The van der Waals surface area contributed by atoms with E-state index < -0.39 is 17.4 Å². The summed E-state index contributed by atoms with van der Waals surface area (Å²) in [4.78, 5) is 25.1. The predicted octanol–water partition coefficient (Wildman–Crippen LogP) is 1.89. The van der Waals surface area contributed by atoms with Crippen LogP contribution in [0.25, 0.3) is 0 Å². The zero-order chi connectivity index (χ0) is 19.8. The van der Waals surface area contributed by atoms with Crippen molar-refractivity contribution in [2.45, 2.75) is 45.2 Å². The maximum absolute atomic E-state index is 13.1. The molecule has 2 aromatic heterocycles. The van der Waals surface area contributed by atoms with Crippen molar-refractivity contribution in [2.24, 2.45) is 0 Å². The fourth-order valence-corrected chi connectivity index (χ4v) is 3.09. The molecule has 0 aliphatic heterocycles. The molecule has 0 saturated heterocycles. The Kier molecular flexibility index (Phi) is 5.36. The van der Waals surface area contributed by atoms with Gasteiger partial charge in [-0.05, 0) is 40.9 Å². The minimum Gasteiger partial charge on any atom is -0.462 e. The number of aryl methyl sites for hydroxylation is 1. The number of anilines is 2. The van der Waals surface area contributed by atoms with Gasteiger partial charge in [-0.2, -0.15) is 14.9 Å². The zero-order valence-corrected chi connectivity index (χ0v) is 16.6. The van der Waals surface area contributed by atoms with Gasteiger partial charge < -0.3 is 16.2 Å². The average Bonchev–Trinajstić information content (AvgIpc) is 3.03. The Morgan fingerprint density at radius 3 is 2.27 bits per heavy atom. The van der Waals surface area contributed by atoms with Gasteiger partial charge in [0.25, 0.3) is 5.91 Å². The van der Waals surface area contributed by atoms with Crippen molar-refractivity contribution in [3.63, 3.8) is 0 Å². The Morgan fingerprint density at radius 2 is 1.77 bits per heavy atom. The van der Waals surface area contributed by atoms with E-state index in [1.165, 1.54) is 11.8 Å². The summed E-state index contributed by atoms with van der Waals surface area (Å²) in [5.74, 6) is -1.03. The molecule has 0 fully saturated rings. The van der Waals surface area contributed by atoms with Gasteiger partial charge in [-0.25, -0.2) is 9.48 Å². The summed E-state index contributed by atoms with van der Waals surface area (Å²) in [5.41, 5.74) is 12.4. The number of hydrogen-bond acceptors (Lipinski definition) is 8. The number of carbonyl (C=O) groups is 2. The van der Waals surface area contributed by atoms with Gasteiger partial charge in [0.1, 0.15) is 27.8 Å². The fourth-order valence-electron chi connectivity index (χ4n) is 2.53. The Bertz CT molecular complexity index is 862. The van der Waals surface area contributed by atoms with E-state index in [9.17, 15) is 9.59 Å². The van der Waals surface area contributed by atoms with Crippen LogP contribution >= 0.6 is 11.8 Å². The molecule has 0 atom stereocenters. The molecular formula is C16H24N6O3S. The van der Waals surface area contributed by atoms with E-state index >= 15 is 0 Å². The van der Waals surface area contributed by atoms with Crippen molar-refractivity contribution in [3.8, 4) is 0 Å². The molecule has 2 aromatic rings. The molecule has 0 spiro atoms. The molecule has 10 heteroatoms. The molecule has 0 saturated carbocycles. The number of thioether (sulfide) groups is 1. The van der Waals surface area contributed by atoms with Crippen LogP contribution in [0.2, 0.25) is 0 Å². The van der Waals surface area contributed by atoms with Crippen LogP contribution in [-0.4, -0.2) is 44.3 Å². The van der Waals surface area contributed by atoms with Crippen LogP contribution in [-0.2, 0) is 10.3 Å². The van der Waals surface area contributed by atoms with Crippen LogP contribution in [0.1, 0.15) is 54.1 Å². The van der Waals surface area contributed by atoms with E-state index in [1.807, 2.05) is 20.8 Å². The molecule has 0 unspecified atom stereocenters. The molecule has 2 rings (SSSR count). The highest BCUT2D eigenvalue weighted by Crippen LogP contribution is 2.31. The number of nitrogens with zero attached hydrogens (tertiary/aromatic N) is 4. The van der Waals surface area contributed by atoms with Gasteiger partial charge in [-0.3, -0.25) is 4.79 Å². The number of aromatic nitrogens is 4. The number of nitrogen functional groups attached to an aromatic ring is 2. The molecule has 0 bridgehead atoms. The van der Waals surface area contributed by atoms with Crippen molar-refractivity contribution in [1.82, 2.24) is 19.6 Å². The third-order valence-electron chi connectivity index (χ3n) is 3.70. The number of carbonyl (C=O) groups excluding carboxylic acids is 2. The number of esters is 1. The molecule has 4 N–H and O–H groups in total. The number of ether oxygens (including phenoxy) is 1. The molecule has 0 aliphatic rings. The topological polar surface area (TPSA) is 131 Å². The molecule has 0 aromatic carbocycles. The minimum atomic E-state index is -0.620. The van der Waals surface area contributed by atoms with Crippen LogP contribution in [0.4, 0.5) is 11.6 Å². The largest absolute Gasteiger partial charge is 0.462 e. The first-order chi connectivity index (χ1) is 12.0. The smallest absolute Gasteiger partial charge is 0.343 e. The quantitative estimate of drug-likeness (QED) is 0.607. The second kappa shape index (κ2) is 7.02. The third-order valence-corrected chi connectivity index (χ3v) is 4.37. The molecular weight excluding hydrogens is 356 g/mol. The summed E-state index contributed by atoms with van der Waals surface area (Å²) >= 11 is 1.29. The van der Waals surface area contributed by atoms with Crippen molar-refractivity contribution >= 4 is 35.3 Å². The number of hydrogen-bond donors (Lipinski definition) is 2. The normalized spacial score (nSPS) is 11.6. The van der Waals surface area contributed by atoms with E-state index in [-0.39, 0.29) is 29.4 Å². The summed E-state index contributed by atoms with van der Waals surface area (Å²) in [6.07, 6.45) is 1.80. The average molecular weight is 380 g/mol. The SMILES string of the molecule is CCOC(=O)c1c(C)nn(C(=O)c2c(SC)nn(C(C)(C)C)c2N)c1N. The predicted molar refractivity (Wildman–Crippen MR) is 100 cm³/mol. The lowest BCUT2D eigenvalue weighted by molar-refractivity contribution is 0.0527. The Balaban J connectivity index is 2.59. The van der Waals surface area contributed by atoms with Crippen molar-refractivity contribution in [3.05, 3.63) is 16.8 Å². The molecule has 9 nitrogen and oxygen atoms in total. The molecule has 0 radical (unpaired) electrons. The van der Waals surface area contributed by atoms with Crippen LogP contribution < -0.4 is 11.5 Å². The Labute approximate surface area is 156 Å². The van der Waals surface area contributed by atoms with Gasteiger partial charge in [0, 0.05) is 0 Å². The van der Waals surface area contributed by atoms with E-state index in [1.54, 1.807) is 24.8 Å². The lowest BCUT2D eigenvalue weighted by Gasteiger charge is -2.20. The zero-order valence-electron chi connectivity index (χ0n) is 15.8. The van der Waals surface area contributed by atoms with E-state index in [0.29, 0.717) is 10.7 Å². The lowest BCUT2D eigenvalue weighted by atomic mass is 10.1. The second-order valence-electron chi connectivity index (χ2n) is 6.64. The first kappa shape index (κ1) is 19.8. The standard InChI is InChI=1S/C16H24N6O3S/c1-7-25-15(24)9-8(2)19-21(11(9)17)14(23)10-12(18)22(16(3,4)5)20-13(10)26-6/h7,17-18H2,1-6H3. The van der Waals surface area contributed by atoms with Gasteiger partial charge in [0.15, 0.2) is 0 Å². The Hall–Kier alpha value is -2.49. The minimum absolute atomic E-state index is 0.0766. The van der Waals surface area contributed by atoms with Crippen LogP contribution in [0.3, 0.4) is 0 Å². The summed E-state index contributed by atoms with van der Waals surface area (Å²) in [6.45, 7) is 9.26. The second-order valence-corrected chi connectivity index (χ2v) is 7.43. The summed E-state index contributed by atoms with van der Waals surface area (Å²) in [6, 6.07) is 0. The molecule has 0 amide bonds. The summed E-state index contributed by atoms with van der Waals surface area (Å²) in [5, 5.41) is 9.01. The van der Waals surface area contributed by atoms with Gasteiger partial charge >= 0.3 is 5.97 Å². The summed E-state index contributed by atoms with van der Waals surface area (Å²) < 4.78 is 7.54. The van der Waals surface area contributed by atoms with Crippen LogP contribution in [0.15, 0.2) is 5.03 Å². The highest BCUT2D eigenvalue weighted by Gasteiger charge is 2.31. The number of nitrogens with two attached hydrogens (primary N) is 2. The molecule has 142 valence electrons. The first-order valence-corrected chi connectivity index (χ1v) is 9.26. The van der Waals surface area contributed by atoms with Gasteiger partial charge in [-0.1, -0.05) is 0 Å². The van der Waals surface area contributed by atoms with Gasteiger partial charge in [0.05, 0.1) is 17.8 Å². The summed E-state index contributed by atoms with van der Waals surface area (Å²) in [7, 11) is 0. The van der Waals surface area contributed by atoms with Crippen molar-refractivity contribution in [2.75, 3.05) is 24.3 Å². The van der Waals surface area contributed by atoms with Gasteiger partial charge in [-0.15, -0.1) is 11.8 Å². The highest BCUT2D eigenvalue weighted by molar-refractivity contribution is 7.98. The van der Waals surface area contributed by atoms with Crippen LogP contribution in [0.5, 0.6) is 0 Å². The molecule has 2 heterocycles. The molecule has 26 heavy (non-hydrogen) atoms. The molecule has 0 aliphatic carbocycles. The van der Waals surface area contributed by atoms with E-state index in [4.69, 9.17) is 16.2 Å².